The molecule has 2 N–H and O–H groups in total. The predicted molar refractivity (Wildman–Crippen MR) is 96.5 cm³/mol. The first-order chi connectivity index (χ1) is 13.3. The van der Waals surface area contributed by atoms with Gasteiger partial charge < -0.3 is 19.8 Å². The topological polar surface area (TPSA) is 76.2 Å². The van der Waals surface area contributed by atoms with Gasteiger partial charge in [-0.2, -0.15) is 13.2 Å². The van der Waals surface area contributed by atoms with Crippen LogP contribution >= 0.6 is 0 Å². The molecule has 0 unspecified atom stereocenters. The van der Waals surface area contributed by atoms with Crippen LogP contribution in [0.25, 0.3) is 10.9 Å². The number of aromatic amines is 1. The number of hydrogen-bond acceptors (Lipinski definition) is 4. The molecule has 3 rings (SSSR count). The number of alkyl halides is 3. The number of methoxy groups -OCH3 is 1. The fourth-order valence-corrected chi connectivity index (χ4v) is 2.67. The number of fused-ring (bicyclic) bond motifs is 1. The second kappa shape index (κ2) is 7.79. The van der Waals surface area contributed by atoms with Gasteiger partial charge in [-0.05, 0) is 31.2 Å². The Morgan fingerprint density at radius 1 is 1.25 bits per heavy atom. The molecule has 0 fully saturated rings. The first-order valence-electron chi connectivity index (χ1n) is 8.38. The highest BCUT2D eigenvalue weighted by atomic mass is 19.4. The molecule has 0 radical (unpaired) electrons. The number of halogens is 3. The number of pyridine rings is 1. The van der Waals surface area contributed by atoms with E-state index in [1.165, 1.54) is 18.3 Å². The fourth-order valence-electron chi connectivity index (χ4n) is 2.67. The van der Waals surface area contributed by atoms with Crippen molar-refractivity contribution in [3.05, 3.63) is 54.0 Å². The second-order valence-electron chi connectivity index (χ2n) is 6.13. The van der Waals surface area contributed by atoms with Crippen molar-refractivity contribution in [2.24, 2.45) is 0 Å². The zero-order valence-electron chi connectivity index (χ0n) is 15.1. The summed E-state index contributed by atoms with van der Waals surface area (Å²) in [6.07, 6.45) is -1.61. The molecule has 0 spiro atoms. The monoisotopic (exact) mass is 393 g/mol. The third kappa shape index (κ3) is 4.54. The summed E-state index contributed by atoms with van der Waals surface area (Å²) in [6, 6.07) is 7.78. The maximum absolute atomic E-state index is 12.6. The number of ether oxygens (including phenoxy) is 2. The van der Waals surface area contributed by atoms with Crippen LogP contribution in [0.5, 0.6) is 11.5 Å². The van der Waals surface area contributed by atoms with Crippen molar-refractivity contribution in [1.29, 1.82) is 0 Å². The van der Waals surface area contributed by atoms with E-state index in [9.17, 15) is 18.0 Å². The molecule has 0 aliphatic carbocycles. The van der Waals surface area contributed by atoms with Crippen molar-refractivity contribution in [2.75, 3.05) is 13.7 Å². The lowest BCUT2D eigenvalue weighted by molar-refractivity contribution is -0.153. The summed E-state index contributed by atoms with van der Waals surface area (Å²) >= 11 is 0. The van der Waals surface area contributed by atoms with Crippen molar-refractivity contribution in [3.63, 3.8) is 0 Å². The van der Waals surface area contributed by atoms with E-state index in [2.05, 4.69) is 20.0 Å². The van der Waals surface area contributed by atoms with E-state index in [1.807, 2.05) is 0 Å². The number of amides is 1. The predicted octanol–water partition coefficient (Wildman–Crippen LogP) is 4.00. The normalized spacial score (nSPS) is 12.6. The molecule has 9 heteroatoms. The SMILES string of the molecule is COc1ccc2c(C(=O)N[C@H](C)c3ccc(OCC(F)(F)F)cn3)c[nH]c2c1. The Labute approximate surface area is 158 Å². The van der Waals surface area contributed by atoms with Crippen molar-refractivity contribution in [1.82, 2.24) is 15.3 Å². The number of rotatable bonds is 6. The lowest BCUT2D eigenvalue weighted by Crippen LogP contribution is -2.27. The van der Waals surface area contributed by atoms with Crippen LogP contribution in [0, 0.1) is 0 Å². The lowest BCUT2D eigenvalue weighted by Gasteiger charge is -2.14. The Hall–Kier alpha value is -3.23. The summed E-state index contributed by atoms with van der Waals surface area (Å²) in [6.45, 7) is 0.347. The van der Waals surface area contributed by atoms with Crippen LogP contribution in [0.15, 0.2) is 42.7 Å². The first kappa shape index (κ1) is 19.5. The van der Waals surface area contributed by atoms with Gasteiger partial charge in [0.15, 0.2) is 6.61 Å². The lowest BCUT2D eigenvalue weighted by atomic mass is 10.1. The highest BCUT2D eigenvalue weighted by Crippen LogP contribution is 2.24. The molecule has 1 atom stereocenters. The number of hydrogen-bond donors (Lipinski definition) is 2. The van der Waals surface area contributed by atoms with E-state index in [4.69, 9.17) is 4.74 Å². The molecule has 1 amide bonds. The molecule has 3 aromatic rings. The van der Waals surface area contributed by atoms with Gasteiger partial charge in [0.1, 0.15) is 11.5 Å². The van der Waals surface area contributed by atoms with Crippen molar-refractivity contribution < 1.29 is 27.4 Å². The third-order valence-electron chi connectivity index (χ3n) is 4.09. The molecule has 0 aliphatic rings. The number of carbonyl (C=O) groups is 1. The molecule has 0 bridgehead atoms. The van der Waals surface area contributed by atoms with Crippen LogP contribution in [0.2, 0.25) is 0 Å². The van der Waals surface area contributed by atoms with Gasteiger partial charge in [0.05, 0.1) is 30.6 Å². The number of carbonyl (C=O) groups excluding carboxylic acids is 1. The Morgan fingerprint density at radius 2 is 2.00 bits per heavy atom. The van der Waals surface area contributed by atoms with Gasteiger partial charge in [0.25, 0.3) is 5.91 Å². The molecule has 6 nitrogen and oxygen atoms in total. The van der Waals surface area contributed by atoms with Crippen LogP contribution < -0.4 is 14.8 Å². The van der Waals surface area contributed by atoms with Crippen molar-refractivity contribution in [2.45, 2.75) is 19.1 Å². The first-order valence-corrected chi connectivity index (χ1v) is 8.38. The highest BCUT2D eigenvalue weighted by Gasteiger charge is 2.28. The van der Waals surface area contributed by atoms with Crippen LogP contribution in [-0.4, -0.2) is 35.8 Å². The number of aromatic nitrogens is 2. The number of nitrogens with one attached hydrogen (secondary N) is 2. The second-order valence-corrected chi connectivity index (χ2v) is 6.13. The Kier molecular flexibility index (Phi) is 5.43. The minimum absolute atomic E-state index is 0.00479. The van der Waals surface area contributed by atoms with E-state index in [-0.39, 0.29) is 11.7 Å². The number of H-pyrrole nitrogens is 1. The van der Waals surface area contributed by atoms with E-state index < -0.39 is 18.8 Å². The van der Waals surface area contributed by atoms with E-state index >= 15 is 0 Å². The van der Waals surface area contributed by atoms with Gasteiger partial charge in [-0.3, -0.25) is 9.78 Å². The van der Waals surface area contributed by atoms with Crippen LogP contribution in [0.3, 0.4) is 0 Å². The summed E-state index contributed by atoms with van der Waals surface area (Å²) < 4.78 is 46.3. The van der Waals surface area contributed by atoms with Gasteiger partial charge in [-0.25, -0.2) is 0 Å². The maximum atomic E-state index is 12.6. The van der Waals surface area contributed by atoms with E-state index in [0.717, 1.165) is 10.9 Å². The molecule has 2 heterocycles. The smallest absolute Gasteiger partial charge is 0.422 e. The molecule has 0 saturated heterocycles. The van der Waals surface area contributed by atoms with Crippen LogP contribution in [-0.2, 0) is 0 Å². The number of benzene rings is 1. The highest BCUT2D eigenvalue weighted by molar-refractivity contribution is 6.07. The zero-order valence-corrected chi connectivity index (χ0v) is 15.1. The molecule has 2 aromatic heterocycles. The summed E-state index contributed by atoms with van der Waals surface area (Å²) in [4.78, 5) is 19.7. The van der Waals surface area contributed by atoms with Crippen LogP contribution in [0.1, 0.15) is 29.0 Å². The van der Waals surface area contributed by atoms with E-state index in [1.54, 1.807) is 38.4 Å². The summed E-state index contributed by atoms with van der Waals surface area (Å²) in [5.41, 5.74) is 1.73. The standard InChI is InChI=1S/C19H18F3N3O3/c1-11(16-6-4-13(8-23-16)28-10-19(20,21)22)25-18(26)15-9-24-17-7-12(27-2)3-5-14(15)17/h3-9,11,24H,10H2,1-2H3,(H,25,26)/t11-/m1/s1. The molecular formula is C19H18F3N3O3. The Bertz CT molecular complexity index is 968. The summed E-state index contributed by atoms with van der Waals surface area (Å²) in [7, 11) is 1.56. The quantitative estimate of drug-likeness (QED) is 0.664. The minimum Gasteiger partial charge on any atom is -0.497 e. The third-order valence-corrected chi connectivity index (χ3v) is 4.09. The van der Waals surface area contributed by atoms with Gasteiger partial charge in [-0.15, -0.1) is 0 Å². The fraction of sp³-hybridized carbons (Fsp3) is 0.263. The molecule has 148 valence electrons. The van der Waals surface area contributed by atoms with Crippen LogP contribution in [0.4, 0.5) is 13.2 Å². The summed E-state index contributed by atoms with van der Waals surface area (Å²) in [5, 5.41) is 3.57. The Balaban J connectivity index is 1.67. The molecule has 1 aromatic carbocycles. The van der Waals surface area contributed by atoms with Gasteiger partial charge in [-0.1, -0.05) is 0 Å². The largest absolute Gasteiger partial charge is 0.497 e. The molecular weight excluding hydrogens is 375 g/mol. The molecule has 0 saturated carbocycles. The van der Waals surface area contributed by atoms with E-state index in [0.29, 0.717) is 17.0 Å². The molecule has 0 aliphatic heterocycles. The zero-order chi connectivity index (χ0) is 20.3. The Morgan fingerprint density at radius 3 is 2.64 bits per heavy atom. The van der Waals surface area contributed by atoms with Gasteiger partial charge in [0, 0.05) is 23.2 Å². The van der Waals surface area contributed by atoms with Crippen molar-refractivity contribution in [3.8, 4) is 11.5 Å². The number of nitrogens with zero attached hydrogens (tertiary/aromatic N) is 1. The maximum Gasteiger partial charge on any atom is 0.422 e. The molecule has 28 heavy (non-hydrogen) atoms. The average Bonchev–Trinajstić information content (AvgIpc) is 3.09. The average molecular weight is 393 g/mol. The van der Waals surface area contributed by atoms with Gasteiger partial charge >= 0.3 is 6.18 Å². The summed E-state index contributed by atoms with van der Waals surface area (Å²) in [5.74, 6) is 0.375. The minimum atomic E-state index is -4.41. The van der Waals surface area contributed by atoms with Gasteiger partial charge in [0.2, 0.25) is 0 Å². The van der Waals surface area contributed by atoms with Crippen molar-refractivity contribution >= 4 is 16.8 Å².